The Morgan fingerprint density at radius 1 is 1.47 bits per heavy atom. The van der Waals surface area contributed by atoms with Crippen LogP contribution < -0.4 is 5.32 Å². The van der Waals surface area contributed by atoms with Gasteiger partial charge in [-0.05, 0) is 25.8 Å². The molecule has 0 aromatic carbocycles. The lowest BCUT2D eigenvalue weighted by molar-refractivity contribution is -0.126. The number of amides is 1. The van der Waals surface area contributed by atoms with Crippen molar-refractivity contribution < 1.29 is 4.79 Å². The summed E-state index contributed by atoms with van der Waals surface area (Å²) in [6.45, 7) is 3.48. The Labute approximate surface area is 102 Å². The lowest BCUT2D eigenvalue weighted by Gasteiger charge is -2.20. The Morgan fingerprint density at radius 2 is 2.24 bits per heavy atom. The molecular weight excluding hydrogens is 214 g/mol. The van der Waals surface area contributed by atoms with Gasteiger partial charge in [-0.15, -0.1) is 0 Å². The maximum absolute atomic E-state index is 11.9. The lowest BCUT2D eigenvalue weighted by Crippen LogP contribution is -2.31. The Balaban J connectivity index is 1.78. The summed E-state index contributed by atoms with van der Waals surface area (Å²) >= 11 is 0. The fourth-order valence-electron chi connectivity index (χ4n) is 2.36. The first-order valence-corrected chi connectivity index (χ1v) is 6.59. The van der Waals surface area contributed by atoms with Gasteiger partial charge in [-0.1, -0.05) is 19.3 Å². The second-order valence-electron chi connectivity index (χ2n) is 4.72. The van der Waals surface area contributed by atoms with Crippen LogP contribution in [0.25, 0.3) is 0 Å². The molecule has 4 nitrogen and oxygen atoms in total. The molecule has 1 amide bonds. The van der Waals surface area contributed by atoms with Crippen molar-refractivity contribution in [2.24, 2.45) is 5.92 Å². The molecule has 4 heteroatoms. The van der Waals surface area contributed by atoms with Gasteiger partial charge in [0.2, 0.25) is 5.91 Å². The summed E-state index contributed by atoms with van der Waals surface area (Å²) in [6.07, 6.45) is 7.72. The number of hydrogen-bond acceptors (Lipinski definition) is 2. The fourth-order valence-corrected chi connectivity index (χ4v) is 2.36. The first-order chi connectivity index (χ1) is 8.29. The number of rotatable bonds is 4. The third-order valence-corrected chi connectivity index (χ3v) is 3.44. The van der Waals surface area contributed by atoms with Gasteiger partial charge < -0.3 is 5.32 Å². The van der Waals surface area contributed by atoms with Gasteiger partial charge in [-0.3, -0.25) is 9.48 Å². The van der Waals surface area contributed by atoms with Crippen molar-refractivity contribution >= 4 is 5.91 Å². The van der Waals surface area contributed by atoms with Gasteiger partial charge in [0, 0.05) is 18.7 Å². The highest BCUT2D eigenvalue weighted by Gasteiger charge is 2.20. The van der Waals surface area contributed by atoms with Crippen molar-refractivity contribution in [3.05, 3.63) is 18.0 Å². The lowest BCUT2D eigenvalue weighted by atomic mass is 9.89. The quantitative estimate of drug-likeness (QED) is 0.868. The van der Waals surface area contributed by atoms with Crippen LogP contribution in [-0.2, 0) is 17.9 Å². The van der Waals surface area contributed by atoms with Crippen molar-refractivity contribution in [1.82, 2.24) is 15.1 Å². The first-order valence-electron chi connectivity index (χ1n) is 6.59. The van der Waals surface area contributed by atoms with E-state index in [9.17, 15) is 4.79 Å². The van der Waals surface area contributed by atoms with Crippen LogP contribution in [0.1, 0.15) is 44.7 Å². The highest BCUT2D eigenvalue weighted by atomic mass is 16.1. The predicted molar refractivity (Wildman–Crippen MR) is 66.3 cm³/mol. The monoisotopic (exact) mass is 235 g/mol. The van der Waals surface area contributed by atoms with E-state index in [0.717, 1.165) is 25.1 Å². The van der Waals surface area contributed by atoms with E-state index in [4.69, 9.17) is 0 Å². The molecule has 17 heavy (non-hydrogen) atoms. The van der Waals surface area contributed by atoms with Gasteiger partial charge in [0.15, 0.2) is 0 Å². The van der Waals surface area contributed by atoms with E-state index < -0.39 is 0 Å². The van der Waals surface area contributed by atoms with Crippen LogP contribution in [-0.4, -0.2) is 15.7 Å². The smallest absolute Gasteiger partial charge is 0.223 e. The summed E-state index contributed by atoms with van der Waals surface area (Å²) in [5.74, 6) is 0.438. The minimum atomic E-state index is 0.204. The minimum absolute atomic E-state index is 0.204. The van der Waals surface area contributed by atoms with E-state index >= 15 is 0 Å². The number of nitrogens with zero attached hydrogens (tertiary/aromatic N) is 2. The van der Waals surface area contributed by atoms with E-state index in [0.29, 0.717) is 6.54 Å². The first kappa shape index (κ1) is 12.1. The molecule has 0 aliphatic heterocycles. The molecule has 94 valence electrons. The van der Waals surface area contributed by atoms with Gasteiger partial charge in [0.25, 0.3) is 0 Å². The predicted octanol–water partition coefficient (Wildman–Crippen LogP) is 2.10. The SMILES string of the molecule is CCn1ccc(CNC(=O)C2CCCCC2)n1. The number of carbonyl (C=O) groups excluding carboxylic acids is 1. The standard InChI is InChI=1S/C13H21N3O/c1-2-16-9-8-12(15-16)10-14-13(17)11-6-4-3-5-7-11/h8-9,11H,2-7,10H2,1H3,(H,14,17). The Kier molecular flexibility index (Phi) is 4.18. The van der Waals surface area contributed by atoms with Crippen molar-refractivity contribution in [1.29, 1.82) is 0 Å². The minimum Gasteiger partial charge on any atom is -0.350 e. The van der Waals surface area contributed by atoms with Crippen LogP contribution in [0.4, 0.5) is 0 Å². The van der Waals surface area contributed by atoms with E-state index in [-0.39, 0.29) is 11.8 Å². The summed E-state index contributed by atoms with van der Waals surface area (Å²) in [6, 6.07) is 1.96. The Hall–Kier alpha value is -1.32. The van der Waals surface area contributed by atoms with Crippen molar-refractivity contribution in [2.45, 2.75) is 52.1 Å². The molecule has 0 spiro atoms. The average molecular weight is 235 g/mol. The molecule has 1 aliphatic rings. The molecule has 1 aliphatic carbocycles. The van der Waals surface area contributed by atoms with Crippen LogP contribution in [0.5, 0.6) is 0 Å². The van der Waals surface area contributed by atoms with Gasteiger partial charge in [-0.25, -0.2) is 0 Å². The van der Waals surface area contributed by atoms with Gasteiger partial charge in [0.1, 0.15) is 0 Å². The van der Waals surface area contributed by atoms with E-state index in [1.165, 1.54) is 19.3 Å². The average Bonchev–Trinajstić information content (AvgIpc) is 2.85. The van der Waals surface area contributed by atoms with Crippen LogP contribution in [0.2, 0.25) is 0 Å². The zero-order valence-corrected chi connectivity index (χ0v) is 10.5. The molecule has 0 atom stereocenters. The van der Waals surface area contributed by atoms with Gasteiger partial charge in [0.05, 0.1) is 12.2 Å². The summed E-state index contributed by atoms with van der Waals surface area (Å²) in [5.41, 5.74) is 0.941. The molecular formula is C13H21N3O. The topological polar surface area (TPSA) is 46.9 Å². The zero-order valence-electron chi connectivity index (χ0n) is 10.5. The van der Waals surface area contributed by atoms with Gasteiger partial charge in [-0.2, -0.15) is 5.10 Å². The van der Waals surface area contributed by atoms with Crippen LogP contribution in [0, 0.1) is 5.92 Å². The van der Waals surface area contributed by atoms with Crippen LogP contribution in [0.3, 0.4) is 0 Å². The van der Waals surface area contributed by atoms with E-state index in [2.05, 4.69) is 17.3 Å². The third kappa shape index (κ3) is 3.32. The maximum atomic E-state index is 11.9. The number of aromatic nitrogens is 2. The highest BCUT2D eigenvalue weighted by molar-refractivity contribution is 5.78. The number of hydrogen-bond donors (Lipinski definition) is 1. The summed E-state index contributed by atoms with van der Waals surface area (Å²) in [7, 11) is 0. The van der Waals surface area contributed by atoms with Crippen LogP contribution >= 0.6 is 0 Å². The van der Waals surface area contributed by atoms with Crippen molar-refractivity contribution in [3.63, 3.8) is 0 Å². The molecule has 1 N–H and O–H groups in total. The second-order valence-corrected chi connectivity index (χ2v) is 4.72. The largest absolute Gasteiger partial charge is 0.350 e. The number of aryl methyl sites for hydroxylation is 1. The maximum Gasteiger partial charge on any atom is 0.223 e. The van der Waals surface area contributed by atoms with Gasteiger partial charge >= 0.3 is 0 Å². The molecule has 0 saturated heterocycles. The molecule has 0 radical (unpaired) electrons. The van der Waals surface area contributed by atoms with E-state index in [1.807, 2.05) is 16.9 Å². The molecule has 1 aromatic rings. The molecule has 1 heterocycles. The zero-order chi connectivity index (χ0) is 12.1. The normalized spacial score (nSPS) is 17.0. The molecule has 1 fully saturated rings. The van der Waals surface area contributed by atoms with E-state index in [1.54, 1.807) is 0 Å². The fraction of sp³-hybridized carbons (Fsp3) is 0.692. The molecule has 2 rings (SSSR count). The Morgan fingerprint density at radius 3 is 2.88 bits per heavy atom. The summed E-state index contributed by atoms with van der Waals surface area (Å²) in [4.78, 5) is 11.9. The summed E-state index contributed by atoms with van der Waals surface area (Å²) in [5, 5.41) is 7.34. The second kappa shape index (κ2) is 5.84. The Bertz CT molecular complexity index is 366. The number of carbonyl (C=O) groups is 1. The molecule has 1 saturated carbocycles. The third-order valence-electron chi connectivity index (χ3n) is 3.44. The van der Waals surface area contributed by atoms with Crippen molar-refractivity contribution in [2.75, 3.05) is 0 Å². The van der Waals surface area contributed by atoms with Crippen LogP contribution in [0.15, 0.2) is 12.3 Å². The van der Waals surface area contributed by atoms with Crippen molar-refractivity contribution in [3.8, 4) is 0 Å². The number of nitrogens with one attached hydrogen (secondary N) is 1. The molecule has 1 aromatic heterocycles. The summed E-state index contributed by atoms with van der Waals surface area (Å²) < 4.78 is 1.88. The molecule has 0 unspecified atom stereocenters. The highest BCUT2D eigenvalue weighted by Crippen LogP contribution is 2.23. The molecule has 0 bridgehead atoms.